The van der Waals surface area contributed by atoms with Crippen molar-refractivity contribution in [2.45, 2.75) is 12.5 Å². The predicted octanol–water partition coefficient (Wildman–Crippen LogP) is 4.94. The lowest BCUT2D eigenvalue weighted by Crippen LogP contribution is -2.38. The van der Waals surface area contributed by atoms with Crippen molar-refractivity contribution in [1.29, 1.82) is 0 Å². The third-order valence-electron chi connectivity index (χ3n) is 5.55. The Bertz CT molecular complexity index is 1150. The number of carbonyl (C=O) groups is 1. The first-order valence-corrected chi connectivity index (χ1v) is 10.6. The number of hydrogen-bond acceptors (Lipinski definition) is 3. The van der Waals surface area contributed by atoms with E-state index in [0.29, 0.717) is 13.1 Å². The molecule has 0 saturated carbocycles. The Labute approximate surface area is 174 Å². The summed E-state index contributed by atoms with van der Waals surface area (Å²) in [6, 6.07) is 20.5. The lowest BCUT2D eigenvalue weighted by molar-refractivity contribution is 0.0725. The number of aryl methyl sites for hydroxylation is 1. The molecule has 0 spiro atoms. The van der Waals surface area contributed by atoms with Crippen molar-refractivity contribution < 1.29 is 4.79 Å². The monoisotopic (exact) mass is 399 g/mol. The van der Waals surface area contributed by atoms with E-state index >= 15 is 0 Å². The van der Waals surface area contributed by atoms with Crippen LogP contribution in [-0.2, 0) is 13.6 Å². The van der Waals surface area contributed by atoms with Crippen LogP contribution in [0.25, 0.3) is 10.4 Å². The summed E-state index contributed by atoms with van der Waals surface area (Å²) in [5.74, 6) is 0.217. The van der Waals surface area contributed by atoms with Gasteiger partial charge in [-0.1, -0.05) is 42.5 Å². The van der Waals surface area contributed by atoms with Crippen molar-refractivity contribution in [2.24, 2.45) is 7.05 Å². The Kier molecular flexibility index (Phi) is 4.52. The number of carbonyl (C=O) groups excluding carboxylic acids is 1. The van der Waals surface area contributed by atoms with Gasteiger partial charge in [-0.3, -0.25) is 9.48 Å². The molecule has 1 amide bonds. The fraction of sp³-hybridized carbons (Fsp3) is 0.167. The quantitative estimate of drug-likeness (QED) is 0.490. The van der Waals surface area contributed by atoms with Crippen LogP contribution in [0.5, 0.6) is 0 Å². The minimum absolute atomic E-state index is 0.0751. The number of amides is 1. The first-order valence-electron chi connectivity index (χ1n) is 9.68. The van der Waals surface area contributed by atoms with Crippen LogP contribution in [0.1, 0.15) is 33.0 Å². The highest BCUT2D eigenvalue weighted by Crippen LogP contribution is 2.34. The third kappa shape index (κ3) is 3.38. The molecule has 1 aliphatic heterocycles. The van der Waals surface area contributed by atoms with Crippen LogP contribution >= 0.6 is 11.3 Å². The highest BCUT2D eigenvalue weighted by Gasteiger charge is 2.30. The number of nitrogens with zero attached hydrogens (tertiary/aromatic N) is 3. The Morgan fingerprint density at radius 1 is 1.07 bits per heavy atom. The summed E-state index contributed by atoms with van der Waals surface area (Å²) in [7, 11) is 1.93. The molecule has 0 radical (unpaired) electrons. The number of rotatable bonds is 3. The molecule has 2 aromatic carbocycles. The molecule has 3 heterocycles. The second kappa shape index (κ2) is 7.33. The molecule has 5 heteroatoms. The van der Waals surface area contributed by atoms with Crippen LogP contribution in [0.15, 0.2) is 78.4 Å². The van der Waals surface area contributed by atoms with Crippen molar-refractivity contribution in [1.82, 2.24) is 14.7 Å². The van der Waals surface area contributed by atoms with Gasteiger partial charge in [0.15, 0.2) is 0 Å². The van der Waals surface area contributed by atoms with Gasteiger partial charge in [0.25, 0.3) is 5.91 Å². The van der Waals surface area contributed by atoms with Gasteiger partial charge in [0.05, 0.1) is 6.20 Å². The van der Waals surface area contributed by atoms with Crippen LogP contribution in [0, 0.1) is 0 Å². The molecule has 0 fully saturated rings. The molecule has 4 nitrogen and oxygen atoms in total. The van der Waals surface area contributed by atoms with Gasteiger partial charge in [0, 0.05) is 42.7 Å². The SMILES string of the molecule is Cn1cc([C@@H]2CN(C(=O)c3ccc(-c4cccs4)cc3)Cc3ccccc32)cn1. The van der Waals surface area contributed by atoms with E-state index in [4.69, 9.17) is 0 Å². The van der Waals surface area contributed by atoms with Crippen molar-refractivity contribution in [3.05, 3.63) is 101 Å². The van der Waals surface area contributed by atoms with E-state index in [1.807, 2.05) is 65.4 Å². The maximum absolute atomic E-state index is 13.3. The van der Waals surface area contributed by atoms with E-state index in [1.165, 1.54) is 16.0 Å². The summed E-state index contributed by atoms with van der Waals surface area (Å²) in [6.07, 6.45) is 3.95. The predicted molar refractivity (Wildman–Crippen MR) is 116 cm³/mol. The molecule has 5 rings (SSSR count). The van der Waals surface area contributed by atoms with Crippen molar-refractivity contribution in [2.75, 3.05) is 6.54 Å². The van der Waals surface area contributed by atoms with Gasteiger partial charge in [0.1, 0.15) is 0 Å². The number of thiophene rings is 1. The van der Waals surface area contributed by atoms with Gasteiger partial charge < -0.3 is 4.90 Å². The summed E-state index contributed by atoms with van der Waals surface area (Å²) < 4.78 is 1.82. The van der Waals surface area contributed by atoms with Crippen molar-refractivity contribution in [3.8, 4) is 10.4 Å². The Balaban J connectivity index is 1.44. The number of aromatic nitrogens is 2. The smallest absolute Gasteiger partial charge is 0.254 e. The van der Waals surface area contributed by atoms with Crippen LogP contribution in [0.3, 0.4) is 0 Å². The second-order valence-corrected chi connectivity index (χ2v) is 8.39. The maximum Gasteiger partial charge on any atom is 0.254 e. The summed E-state index contributed by atoms with van der Waals surface area (Å²) in [4.78, 5) is 16.5. The zero-order valence-corrected chi connectivity index (χ0v) is 17.0. The van der Waals surface area contributed by atoms with Crippen LogP contribution in [-0.4, -0.2) is 27.1 Å². The number of fused-ring (bicyclic) bond motifs is 1. The fourth-order valence-electron chi connectivity index (χ4n) is 4.07. The van der Waals surface area contributed by atoms with Gasteiger partial charge in [-0.05, 0) is 45.8 Å². The zero-order valence-electron chi connectivity index (χ0n) is 16.2. The van der Waals surface area contributed by atoms with E-state index < -0.39 is 0 Å². The first kappa shape index (κ1) is 17.9. The van der Waals surface area contributed by atoms with Crippen LogP contribution < -0.4 is 0 Å². The Morgan fingerprint density at radius 3 is 2.62 bits per heavy atom. The molecule has 144 valence electrons. The molecular formula is C24H21N3OS. The molecular weight excluding hydrogens is 378 g/mol. The lowest BCUT2D eigenvalue weighted by Gasteiger charge is -2.34. The van der Waals surface area contributed by atoms with Crippen molar-refractivity contribution in [3.63, 3.8) is 0 Å². The standard InChI is InChI=1S/C24H21N3OS/c1-26-14-20(13-25-26)22-16-27(15-19-5-2-3-6-21(19)22)24(28)18-10-8-17(9-11-18)23-7-4-12-29-23/h2-14,22H,15-16H2,1H3/t22-/m0/s1. The molecule has 29 heavy (non-hydrogen) atoms. The van der Waals surface area contributed by atoms with E-state index in [2.05, 4.69) is 34.7 Å². The molecule has 1 atom stereocenters. The minimum atomic E-state index is 0.0751. The van der Waals surface area contributed by atoms with Gasteiger partial charge in [-0.15, -0.1) is 11.3 Å². The zero-order chi connectivity index (χ0) is 19.8. The first-order chi connectivity index (χ1) is 14.2. The molecule has 0 N–H and O–H groups in total. The highest BCUT2D eigenvalue weighted by molar-refractivity contribution is 7.13. The topological polar surface area (TPSA) is 38.1 Å². The molecule has 0 aliphatic carbocycles. The van der Waals surface area contributed by atoms with Gasteiger partial charge in [0.2, 0.25) is 0 Å². The molecule has 0 saturated heterocycles. The van der Waals surface area contributed by atoms with E-state index in [0.717, 1.165) is 16.7 Å². The summed E-state index contributed by atoms with van der Waals surface area (Å²) in [6.45, 7) is 1.30. The van der Waals surface area contributed by atoms with E-state index in [9.17, 15) is 4.79 Å². The second-order valence-electron chi connectivity index (χ2n) is 7.44. The summed E-state index contributed by atoms with van der Waals surface area (Å²) >= 11 is 1.71. The summed E-state index contributed by atoms with van der Waals surface area (Å²) in [5.41, 5.74) is 5.52. The third-order valence-corrected chi connectivity index (χ3v) is 6.47. The average molecular weight is 400 g/mol. The van der Waals surface area contributed by atoms with Gasteiger partial charge in [-0.2, -0.15) is 5.10 Å². The maximum atomic E-state index is 13.3. The van der Waals surface area contributed by atoms with Crippen LogP contribution in [0.4, 0.5) is 0 Å². The number of benzene rings is 2. The highest BCUT2D eigenvalue weighted by atomic mass is 32.1. The summed E-state index contributed by atoms with van der Waals surface area (Å²) in [5, 5.41) is 6.41. The van der Waals surface area contributed by atoms with Crippen LogP contribution in [0.2, 0.25) is 0 Å². The van der Waals surface area contributed by atoms with Gasteiger partial charge >= 0.3 is 0 Å². The van der Waals surface area contributed by atoms with Crippen molar-refractivity contribution >= 4 is 17.2 Å². The largest absolute Gasteiger partial charge is 0.333 e. The molecule has 1 aliphatic rings. The molecule has 4 aromatic rings. The normalized spacial score (nSPS) is 15.9. The molecule has 0 unspecified atom stereocenters. The van der Waals surface area contributed by atoms with E-state index in [1.54, 1.807) is 11.3 Å². The Hall–Kier alpha value is -3.18. The average Bonchev–Trinajstić information content (AvgIpc) is 3.45. The lowest BCUT2D eigenvalue weighted by atomic mass is 9.86. The number of hydrogen-bond donors (Lipinski definition) is 0. The molecule has 2 aromatic heterocycles. The van der Waals surface area contributed by atoms with E-state index in [-0.39, 0.29) is 11.8 Å². The Morgan fingerprint density at radius 2 is 1.90 bits per heavy atom. The van der Waals surface area contributed by atoms with Gasteiger partial charge in [-0.25, -0.2) is 0 Å². The minimum Gasteiger partial charge on any atom is -0.333 e. The molecule has 0 bridgehead atoms. The fourth-order valence-corrected chi connectivity index (χ4v) is 4.80.